The van der Waals surface area contributed by atoms with Crippen LogP contribution in [0.4, 0.5) is 8.78 Å². The van der Waals surface area contributed by atoms with Gasteiger partial charge in [0.2, 0.25) is 0 Å². The number of aromatic nitrogens is 1. The molecule has 0 radical (unpaired) electrons. The van der Waals surface area contributed by atoms with Crippen molar-refractivity contribution < 1.29 is 8.78 Å². The summed E-state index contributed by atoms with van der Waals surface area (Å²) in [7, 11) is 0. The maximum absolute atomic E-state index is 12.4. The maximum atomic E-state index is 12.4. The summed E-state index contributed by atoms with van der Waals surface area (Å²) in [6, 6.07) is 3.18. The summed E-state index contributed by atoms with van der Waals surface area (Å²) in [5.74, 6) is 0. The molecule has 0 aliphatic heterocycles. The Balaban J connectivity index is 3.25. The van der Waals surface area contributed by atoms with Crippen molar-refractivity contribution in [2.45, 2.75) is 12.8 Å². The van der Waals surface area contributed by atoms with Crippen molar-refractivity contribution in [2.24, 2.45) is 0 Å². The van der Waals surface area contributed by atoms with Crippen LogP contribution in [0.1, 0.15) is 17.7 Å². The van der Waals surface area contributed by atoms with Gasteiger partial charge in [-0.15, -0.1) is 0 Å². The van der Waals surface area contributed by atoms with Crippen LogP contribution in [-0.4, -0.2) is 4.98 Å². The molecule has 6 heteroatoms. The fraction of sp³-hybridized carbons (Fsp3) is 0.250. The number of halogens is 4. The van der Waals surface area contributed by atoms with Gasteiger partial charge in [0.15, 0.2) is 0 Å². The fourth-order valence-corrected chi connectivity index (χ4v) is 1.44. The van der Waals surface area contributed by atoms with Crippen LogP contribution in [0.15, 0.2) is 10.5 Å². The van der Waals surface area contributed by atoms with Crippen molar-refractivity contribution in [1.29, 1.82) is 5.26 Å². The first-order valence-corrected chi connectivity index (χ1v) is 4.73. The summed E-state index contributed by atoms with van der Waals surface area (Å²) < 4.78 is 25.2. The third-order valence-electron chi connectivity index (χ3n) is 1.52. The van der Waals surface area contributed by atoms with Gasteiger partial charge in [-0.25, -0.2) is 13.8 Å². The molecule has 0 aromatic carbocycles. The van der Waals surface area contributed by atoms with Gasteiger partial charge in [-0.05, 0) is 27.6 Å². The number of hydrogen-bond donors (Lipinski definition) is 0. The van der Waals surface area contributed by atoms with Crippen LogP contribution >= 0.6 is 27.5 Å². The first-order valence-electron chi connectivity index (χ1n) is 3.56. The van der Waals surface area contributed by atoms with E-state index in [1.165, 1.54) is 6.07 Å². The number of rotatable bonds is 2. The van der Waals surface area contributed by atoms with Gasteiger partial charge < -0.3 is 0 Å². The number of alkyl halides is 2. The molecule has 0 unspecified atom stereocenters. The average Bonchev–Trinajstić information content (AvgIpc) is 2.11. The van der Waals surface area contributed by atoms with E-state index >= 15 is 0 Å². The summed E-state index contributed by atoms with van der Waals surface area (Å²) in [6.45, 7) is 0. The zero-order chi connectivity index (χ0) is 10.7. The van der Waals surface area contributed by atoms with Gasteiger partial charge in [0, 0.05) is 0 Å². The third-order valence-corrected chi connectivity index (χ3v) is 2.64. The molecule has 0 N–H and O–H groups in total. The topological polar surface area (TPSA) is 36.7 Å². The van der Waals surface area contributed by atoms with E-state index in [9.17, 15) is 8.78 Å². The number of nitrogens with zero attached hydrogens (tertiary/aromatic N) is 2. The lowest BCUT2D eigenvalue weighted by Crippen LogP contribution is -1.99. The van der Waals surface area contributed by atoms with Gasteiger partial charge in [-0.3, -0.25) is 0 Å². The minimum absolute atomic E-state index is 0.0259. The Hall–Kier alpha value is -0.730. The summed E-state index contributed by atoms with van der Waals surface area (Å²) in [5.41, 5.74) is -0.237. The average molecular weight is 281 g/mol. The van der Waals surface area contributed by atoms with E-state index in [4.69, 9.17) is 16.9 Å². The minimum atomic E-state index is -2.72. The Morgan fingerprint density at radius 3 is 2.79 bits per heavy atom. The van der Waals surface area contributed by atoms with Crippen molar-refractivity contribution in [3.8, 4) is 6.07 Å². The largest absolute Gasteiger partial charge is 0.280 e. The molecule has 1 heterocycles. The molecule has 0 bridgehead atoms. The second-order valence-corrected chi connectivity index (χ2v) is 3.65. The lowest BCUT2D eigenvalue weighted by molar-refractivity contribution is 0.145. The van der Waals surface area contributed by atoms with Crippen LogP contribution in [0.2, 0.25) is 5.15 Å². The highest BCUT2D eigenvalue weighted by molar-refractivity contribution is 9.10. The molecule has 0 saturated carbocycles. The molecule has 0 saturated heterocycles. The van der Waals surface area contributed by atoms with Gasteiger partial charge in [0.25, 0.3) is 6.43 Å². The normalized spacial score (nSPS) is 10.3. The second-order valence-electron chi connectivity index (χ2n) is 2.44. The van der Waals surface area contributed by atoms with Gasteiger partial charge in [-0.1, -0.05) is 11.6 Å². The fourth-order valence-electron chi connectivity index (χ4n) is 0.933. The van der Waals surface area contributed by atoms with E-state index in [1.54, 1.807) is 6.07 Å². The van der Waals surface area contributed by atoms with E-state index in [2.05, 4.69) is 20.9 Å². The van der Waals surface area contributed by atoms with Crippen molar-refractivity contribution in [1.82, 2.24) is 4.98 Å². The molecule has 0 aliphatic carbocycles. The summed E-state index contributed by atoms with van der Waals surface area (Å²) >= 11 is 8.61. The Labute approximate surface area is 92.6 Å². The van der Waals surface area contributed by atoms with Crippen molar-refractivity contribution in [3.63, 3.8) is 0 Å². The Morgan fingerprint density at radius 1 is 1.64 bits per heavy atom. The summed E-state index contributed by atoms with van der Waals surface area (Å²) in [6.07, 6.45) is -2.83. The van der Waals surface area contributed by atoms with Crippen LogP contribution in [0.3, 0.4) is 0 Å². The number of pyridine rings is 1. The molecule has 0 amide bonds. The lowest BCUT2D eigenvalue weighted by atomic mass is 10.1. The van der Waals surface area contributed by atoms with Crippen LogP contribution in [0, 0.1) is 11.3 Å². The van der Waals surface area contributed by atoms with Crippen LogP contribution < -0.4 is 0 Å². The van der Waals surface area contributed by atoms with Crippen molar-refractivity contribution in [3.05, 3.63) is 26.9 Å². The van der Waals surface area contributed by atoms with E-state index in [0.717, 1.165) is 0 Å². The van der Waals surface area contributed by atoms with Gasteiger partial charge in [0.1, 0.15) is 10.8 Å². The number of nitriles is 1. The van der Waals surface area contributed by atoms with E-state index < -0.39 is 12.1 Å². The molecular weight excluding hydrogens is 277 g/mol. The zero-order valence-electron chi connectivity index (χ0n) is 6.77. The summed E-state index contributed by atoms with van der Waals surface area (Å²) in [4.78, 5) is 3.51. The molecule has 0 aliphatic rings. The van der Waals surface area contributed by atoms with E-state index in [1.807, 2.05) is 0 Å². The Bertz CT molecular complexity index is 390. The van der Waals surface area contributed by atoms with Gasteiger partial charge in [-0.2, -0.15) is 5.26 Å². The molecule has 74 valence electrons. The molecule has 0 atom stereocenters. The molecular formula is C8H4BrClF2N2. The highest BCUT2D eigenvalue weighted by atomic mass is 79.9. The molecule has 0 spiro atoms. The van der Waals surface area contributed by atoms with Crippen LogP contribution in [-0.2, 0) is 6.42 Å². The Kier molecular flexibility index (Phi) is 3.78. The Morgan fingerprint density at radius 2 is 2.29 bits per heavy atom. The molecule has 1 rings (SSSR count). The first kappa shape index (κ1) is 11.3. The standard InChI is InChI=1S/C8H4BrClF2N2/c9-5-3-4(1-2-13)6(8(11)12)14-7(5)10/h3,8H,1H2. The van der Waals surface area contributed by atoms with Crippen molar-refractivity contribution in [2.75, 3.05) is 0 Å². The lowest BCUT2D eigenvalue weighted by Gasteiger charge is -2.06. The molecule has 1 aromatic rings. The van der Waals surface area contributed by atoms with Crippen LogP contribution in [0.25, 0.3) is 0 Å². The molecule has 2 nitrogen and oxygen atoms in total. The monoisotopic (exact) mass is 280 g/mol. The van der Waals surface area contributed by atoms with Gasteiger partial charge >= 0.3 is 0 Å². The maximum Gasteiger partial charge on any atom is 0.280 e. The second kappa shape index (κ2) is 4.67. The van der Waals surface area contributed by atoms with E-state index in [0.29, 0.717) is 4.47 Å². The molecule has 1 aromatic heterocycles. The predicted octanol–water partition coefficient (Wildman–Crippen LogP) is 3.50. The molecule has 0 fully saturated rings. The van der Waals surface area contributed by atoms with Crippen molar-refractivity contribution >= 4 is 27.5 Å². The highest BCUT2D eigenvalue weighted by Gasteiger charge is 2.17. The van der Waals surface area contributed by atoms with Crippen LogP contribution in [0.5, 0.6) is 0 Å². The smallest absolute Gasteiger partial charge is 0.234 e. The minimum Gasteiger partial charge on any atom is -0.234 e. The SMILES string of the molecule is N#CCc1cc(Br)c(Cl)nc1C(F)F. The van der Waals surface area contributed by atoms with Gasteiger partial charge in [0.05, 0.1) is 17.0 Å². The molecule has 14 heavy (non-hydrogen) atoms. The predicted molar refractivity (Wildman–Crippen MR) is 51.2 cm³/mol. The first-order chi connectivity index (χ1) is 6.56. The highest BCUT2D eigenvalue weighted by Crippen LogP contribution is 2.28. The summed E-state index contributed by atoms with van der Waals surface area (Å²) in [5, 5.41) is 8.39. The zero-order valence-corrected chi connectivity index (χ0v) is 9.11. The third kappa shape index (κ3) is 2.40. The van der Waals surface area contributed by atoms with E-state index in [-0.39, 0.29) is 17.1 Å². The quantitative estimate of drug-likeness (QED) is 0.778. The number of hydrogen-bond acceptors (Lipinski definition) is 2.